The fourth-order valence-electron chi connectivity index (χ4n) is 4.71. The summed E-state index contributed by atoms with van der Waals surface area (Å²) in [6, 6.07) is 45.2. The molecule has 0 unspecified atom stereocenters. The Morgan fingerprint density at radius 3 is 1.33 bits per heavy atom. The number of hydrogen-bond donors (Lipinski definition) is 3. The van der Waals surface area contributed by atoms with Gasteiger partial charge >= 0.3 is 6.03 Å². The van der Waals surface area contributed by atoms with Crippen molar-refractivity contribution in [1.29, 1.82) is 0 Å². The van der Waals surface area contributed by atoms with Gasteiger partial charge in [-0.15, -0.1) is 0 Å². The molecule has 0 bridgehead atoms. The summed E-state index contributed by atoms with van der Waals surface area (Å²) >= 11 is 0. The van der Waals surface area contributed by atoms with E-state index in [9.17, 15) is 9.59 Å². The number of nitrogens with zero attached hydrogens (tertiary/aromatic N) is 1. The molecule has 0 aliphatic carbocycles. The average molecular weight is 555 g/mol. The van der Waals surface area contributed by atoms with Gasteiger partial charge in [-0.3, -0.25) is 9.69 Å². The van der Waals surface area contributed by atoms with Crippen molar-refractivity contribution in [2.24, 2.45) is 0 Å². The number of rotatable bonds is 11. The van der Waals surface area contributed by atoms with Crippen molar-refractivity contribution in [3.63, 3.8) is 0 Å². The summed E-state index contributed by atoms with van der Waals surface area (Å²) in [4.78, 5) is 27.2. The molecule has 210 valence electrons. The number of carbonyl (C=O) groups excluding carboxylic acids is 2. The first-order valence-corrected chi connectivity index (χ1v) is 14.0. The number of carbonyl (C=O) groups is 2. The normalized spacial score (nSPS) is 10.7. The monoisotopic (exact) mass is 554 g/mol. The van der Waals surface area contributed by atoms with E-state index in [1.165, 1.54) is 11.1 Å². The van der Waals surface area contributed by atoms with Gasteiger partial charge in [-0.25, -0.2) is 4.79 Å². The smallest absolute Gasteiger partial charge is 0.323 e. The van der Waals surface area contributed by atoms with Crippen LogP contribution in [0, 0.1) is 0 Å². The average Bonchev–Trinajstić information content (AvgIpc) is 3.00. The summed E-state index contributed by atoms with van der Waals surface area (Å²) in [5.41, 5.74) is 6.81. The van der Waals surface area contributed by atoms with Gasteiger partial charge in [0.1, 0.15) is 0 Å². The van der Waals surface area contributed by atoms with Gasteiger partial charge in [0.2, 0.25) is 5.91 Å². The van der Waals surface area contributed by atoms with Crippen LogP contribution in [0.25, 0.3) is 0 Å². The van der Waals surface area contributed by atoms with Crippen molar-refractivity contribution in [1.82, 2.24) is 4.90 Å². The zero-order chi connectivity index (χ0) is 29.0. The lowest BCUT2D eigenvalue weighted by Gasteiger charge is -2.23. The fourth-order valence-corrected chi connectivity index (χ4v) is 4.71. The van der Waals surface area contributed by atoms with Crippen molar-refractivity contribution in [3.8, 4) is 0 Å². The zero-order valence-corrected chi connectivity index (χ0v) is 23.4. The number of para-hydroxylation sites is 2. The van der Waals surface area contributed by atoms with Crippen LogP contribution in [-0.4, -0.2) is 16.8 Å². The van der Waals surface area contributed by atoms with Crippen LogP contribution in [0.15, 0.2) is 140 Å². The molecule has 0 aliphatic rings. The van der Waals surface area contributed by atoms with Crippen LogP contribution in [0.1, 0.15) is 22.3 Å². The second-order valence-corrected chi connectivity index (χ2v) is 10.2. The Labute approximate surface area is 247 Å². The molecule has 0 heterocycles. The molecule has 0 radical (unpaired) electrons. The first-order valence-electron chi connectivity index (χ1n) is 14.0. The molecule has 5 aromatic carbocycles. The maximum Gasteiger partial charge on any atom is 0.323 e. The van der Waals surface area contributed by atoms with E-state index in [1.807, 2.05) is 103 Å². The Morgan fingerprint density at radius 2 is 0.810 bits per heavy atom. The lowest BCUT2D eigenvalue weighted by atomic mass is 10.1. The van der Waals surface area contributed by atoms with Gasteiger partial charge in [0, 0.05) is 36.7 Å². The highest BCUT2D eigenvalue weighted by atomic mass is 16.2. The van der Waals surface area contributed by atoms with E-state index in [-0.39, 0.29) is 11.9 Å². The molecule has 3 amide bonds. The third-order valence-electron chi connectivity index (χ3n) is 6.75. The number of anilines is 3. The molecular weight excluding hydrogens is 520 g/mol. The van der Waals surface area contributed by atoms with E-state index < -0.39 is 0 Å². The Bertz CT molecular complexity index is 1460. The van der Waals surface area contributed by atoms with E-state index in [4.69, 9.17) is 0 Å². The Kier molecular flexibility index (Phi) is 9.74. The summed E-state index contributed by atoms with van der Waals surface area (Å²) in [5.74, 6) is -0.0323. The largest absolute Gasteiger partial charge is 0.326 e. The van der Waals surface area contributed by atoms with Gasteiger partial charge in [-0.1, -0.05) is 103 Å². The molecule has 6 heteroatoms. The molecular formula is C36H34N4O2. The second-order valence-electron chi connectivity index (χ2n) is 10.2. The van der Waals surface area contributed by atoms with E-state index in [0.717, 1.165) is 47.8 Å². The lowest BCUT2D eigenvalue weighted by molar-refractivity contribution is -0.115. The molecule has 42 heavy (non-hydrogen) atoms. The fraction of sp³-hybridized carbons (Fsp3) is 0.111. The van der Waals surface area contributed by atoms with Crippen LogP contribution in [0.3, 0.4) is 0 Å². The molecule has 0 spiro atoms. The third kappa shape index (κ3) is 8.91. The van der Waals surface area contributed by atoms with Crippen LogP contribution in [0.2, 0.25) is 0 Å². The summed E-state index contributed by atoms with van der Waals surface area (Å²) in [7, 11) is 0. The quantitative estimate of drug-likeness (QED) is 0.157. The minimum Gasteiger partial charge on any atom is -0.326 e. The number of hydrogen-bond acceptors (Lipinski definition) is 3. The molecule has 0 atom stereocenters. The predicted molar refractivity (Wildman–Crippen MR) is 170 cm³/mol. The number of urea groups is 1. The zero-order valence-electron chi connectivity index (χ0n) is 23.4. The summed E-state index contributed by atoms with van der Waals surface area (Å²) in [6.07, 6.45) is 0.326. The minimum absolute atomic E-state index is 0.0323. The molecule has 0 fully saturated rings. The number of amides is 3. The standard InChI is InChI=1S/C36H34N4O2/c41-35(37-32-12-6-2-7-13-32)24-28-16-18-30(19-17-28)26-40(25-29-10-4-1-5-11-29)27-31-20-22-34(23-21-31)39-36(42)38-33-14-8-3-9-15-33/h1-23H,24-27H2,(H,37,41)(H2,38,39,42). The van der Waals surface area contributed by atoms with E-state index in [1.54, 1.807) is 0 Å². The van der Waals surface area contributed by atoms with Crippen LogP contribution in [0.5, 0.6) is 0 Å². The molecule has 5 rings (SSSR count). The first-order chi connectivity index (χ1) is 20.6. The number of benzene rings is 5. The summed E-state index contributed by atoms with van der Waals surface area (Å²) < 4.78 is 0. The highest BCUT2D eigenvalue weighted by Gasteiger charge is 2.11. The maximum atomic E-state index is 12.5. The van der Waals surface area contributed by atoms with Crippen molar-refractivity contribution in [2.45, 2.75) is 26.1 Å². The topological polar surface area (TPSA) is 73.5 Å². The minimum atomic E-state index is -0.277. The van der Waals surface area contributed by atoms with Gasteiger partial charge in [0.05, 0.1) is 6.42 Å². The van der Waals surface area contributed by atoms with Crippen LogP contribution in [-0.2, 0) is 30.8 Å². The summed E-state index contributed by atoms with van der Waals surface area (Å²) in [6.45, 7) is 2.29. The van der Waals surface area contributed by atoms with Crippen molar-refractivity contribution in [2.75, 3.05) is 16.0 Å². The van der Waals surface area contributed by atoms with Gasteiger partial charge in [-0.05, 0) is 58.7 Å². The van der Waals surface area contributed by atoms with E-state index >= 15 is 0 Å². The highest BCUT2D eigenvalue weighted by molar-refractivity contribution is 5.99. The molecule has 6 nitrogen and oxygen atoms in total. The predicted octanol–water partition coefficient (Wildman–Crippen LogP) is 7.71. The molecule has 0 aromatic heterocycles. The van der Waals surface area contributed by atoms with E-state index in [2.05, 4.69) is 57.2 Å². The SMILES string of the molecule is O=C(Cc1ccc(CN(Cc2ccccc2)Cc2ccc(NC(=O)Nc3ccccc3)cc2)cc1)Nc1ccccc1. The first kappa shape index (κ1) is 28.3. The Balaban J connectivity index is 1.20. The maximum absolute atomic E-state index is 12.5. The molecule has 0 saturated carbocycles. The van der Waals surface area contributed by atoms with Crippen LogP contribution < -0.4 is 16.0 Å². The van der Waals surface area contributed by atoms with Crippen LogP contribution in [0.4, 0.5) is 21.9 Å². The van der Waals surface area contributed by atoms with Crippen molar-refractivity contribution < 1.29 is 9.59 Å². The van der Waals surface area contributed by atoms with Gasteiger partial charge in [0.15, 0.2) is 0 Å². The van der Waals surface area contributed by atoms with Crippen LogP contribution >= 0.6 is 0 Å². The lowest BCUT2D eigenvalue weighted by Crippen LogP contribution is -2.22. The molecule has 5 aromatic rings. The second kappa shape index (κ2) is 14.4. The van der Waals surface area contributed by atoms with Gasteiger partial charge in [-0.2, -0.15) is 0 Å². The Morgan fingerprint density at radius 1 is 0.429 bits per heavy atom. The molecule has 0 saturated heterocycles. The third-order valence-corrected chi connectivity index (χ3v) is 6.75. The van der Waals surface area contributed by atoms with Crippen molar-refractivity contribution in [3.05, 3.63) is 162 Å². The Hall–Kier alpha value is -5.20. The van der Waals surface area contributed by atoms with Crippen molar-refractivity contribution >= 4 is 29.0 Å². The highest BCUT2D eigenvalue weighted by Crippen LogP contribution is 2.18. The molecule has 3 N–H and O–H groups in total. The molecule has 0 aliphatic heterocycles. The number of nitrogens with one attached hydrogen (secondary N) is 3. The van der Waals surface area contributed by atoms with Gasteiger partial charge in [0.25, 0.3) is 0 Å². The van der Waals surface area contributed by atoms with E-state index in [0.29, 0.717) is 6.42 Å². The van der Waals surface area contributed by atoms with Gasteiger partial charge < -0.3 is 16.0 Å². The summed E-state index contributed by atoms with van der Waals surface area (Å²) in [5, 5.41) is 8.67.